The Labute approximate surface area is 179 Å². The number of aliphatic hydroxyl groups is 4. The van der Waals surface area contributed by atoms with Crippen molar-refractivity contribution in [3.8, 4) is 0 Å². The molecule has 0 saturated heterocycles. The maximum Gasteiger partial charge on any atom is 0.332 e. The first kappa shape index (κ1) is 22.5. The van der Waals surface area contributed by atoms with Crippen LogP contribution in [-0.2, 0) is 4.79 Å². The second-order valence-corrected chi connectivity index (χ2v) is 11.7. The lowest BCUT2D eigenvalue weighted by Gasteiger charge is -2.62. The van der Waals surface area contributed by atoms with Crippen LogP contribution >= 0.6 is 0 Å². The van der Waals surface area contributed by atoms with Gasteiger partial charge in [-0.2, -0.15) is 0 Å². The Bertz CT molecular complexity index is 668. The molecule has 30 heavy (non-hydrogen) atoms. The highest BCUT2D eigenvalue weighted by atomic mass is 16.4. The summed E-state index contributed by atoms with van der Waals surface area (Å²) in [5.74, 6) is -0.315. The summed E-state index contributed by atoms with van der Waals surface area (Å²) < 4.78 is 0. The summed E-state index contributed by atoms with van der Waals surface area (Å²) in [6, 6.07) is 0. The Kier molecular flexibility index (Phi) is 5.79. The number of carbonyl (C=O) groups is 1. The van der Waals surface area contributed by atoms with Gasteiger partial charge in [0.25, 0.3) is 0 Å². The number of hydrogen-bond donors (Lipinski definition) is 5. The monoisotopic (exact) mass is 424 g/mol. The SMILES string of the molecule is CC(CC(O)C(=O)O)C1CC(O)C2C3C(O)CC4CC(O)CCC4(C)C3CCC12C. The molecule has 6 nitrogen and oxygen atoms in total. The highest BCUT2D eigenvalue weighted by molar-refractivity contribution is 5.71. The smallest absolute Gasteiger partial charge is 0.332 e. The van der Waals surface area contributed by atoms with Gasteiger partial charge in [-0.05, 0) is 97.7 Å². The fourth-order valence-electron chi connectivity index (χ4n) is 8.80. The standard InChI is InChI=1S/C24H40O6/c1-12(8-19(28)22(29)30)16-11-18(27)21-20-15(5-7-24(16,21)3)23(2)6-4-14(25)9-13(23)10-17(20)26/h12-21,25-28H,4-11H2,1-3H3,(H,29,30). The highest BCUT2D eigenvalue weighted by Gasteiger charge is 2.65. The van der Waals surface area contributed by atoms with E-state index in [2.05, 4.69) is 13.8 Å². The third-order valence-corrected chi connectivity index (χ3v) is 10.3. The van der Waals surface area contributed by atoms with Crippen molar-refractivity contribution in [1.82, 2.24) is 0 Å². The first-order valence-electron chi connectivity index (χ1n) is 11.9. The van der Waals surface area contributed by atoms with Gasteiger partial charge in [-0.25, -0.2) is 4.79 Å². The maximum atomic E-state index is 11.3. The Morgan fingerprint density at radius 2 is 1.67 bits per heavy atom. The van der Waals surface area contributed by atoms with Crippen molar-refractivity contribution in [2.75, 3.05) is 0 Å². The van der Waals surface area contributed by atoms with Crippen LogP contribution in [0.3, 0.4) is 0 Å². The third kappa shape index (κ3) is 3.33. The van der Waals surface area contributed by atoms with Gasteiger partial charge in [-0.1, -0.05) is 20.8 Å². The minimum absolute atomic E-state index is 0.00490. The number of hydrogen-bond acceptors (Lipinski definition) is 5. The van der Waals surface area contributed by atoms with Crippen LogP contribution in [-0.4, -0.2) is 55.9 Å². The van der Waals surface area contributed by atoms with Gasteiger partial charge in [0.15, 0.2) is 6.10 Å². The van der Waals surface area contributed by atoms with Crippen LogP contribution in [0.5, 0.6) is 0 Å². The Hall–Kier alpha value is -0.690. The van der Waals surface area contributed by atoms with E-state index in [9.17, 15) is 25.2 Å². The van der Waals surface area contributed by atoms with Gasteiger partial charge in [0, 0.05) is 0 Å². The summed E-state index contributed by atoms with van der Waals surface area (Å²) in [6.45, 7) is 6.57. The number of fused-ring (bicyclic) bond motifs is 5. The topological polar surface area (TPSA) is 118 Å². The maximum absolute atomic E-state index is 11.3. The molecule has 0 aliphatic heterocycles. The van der Waals surface area contributed by atoms with Crippen molar-refractivity contribution < 1.29 is 30.3 Å². The molecular formula is C24H40O6. The number of carboxylic acid groups (broad SMARTS) is 1. The summed E-state index contributed by atoms with van der Waals surface area (Å²) in [7, 11) is 0. The lowest BCUT2D eigenvalue weighted by atomic mass is 9.43. The van der Waals surface area contributed by atoms with Crippen LogP contribution in [0, 0.1) is 46.3 Å². The molecule has 12 unspecified atom stereocenters. The van der Waals surface area contributed by atoms with Crippen LogP contribution in [0.1, 0.15) is 72.1 Å². The van der Waals surface area contributed by atoms with E-state index in [-0.39, 0.29) is 47.0 Å². The number of aliphatic hydroxyl groups excluding tert-OH is 4. The second-order valence-electron chi connectivity index (χ2n) is 11.7. The van der Waals surface area contributed by atoms with Crippen molar-refractivity contribution in [2.45, 2.75) is 96.6 Å². The van der Waals surface area contributed by atoms with Crippen LogP contribution in [0.4, 0.5) is 0 Å². The minimum atomic E-state index is -1.37. The van der Waals surface area contributed by atoms with E-state index < -0.39 is 24.3 Å². The lowest BCUT2D eigenvalue weighted by molar-refractivity contribution is -0.185. The van der Waals surface area contributed by atoms with Crippen LogP contribution < -0.4 is 0 Å². The fraction of sp³-hybridized carbons (Fsp3) is 0.958. The molecule has 12 atom stereocenters. The molecule has 4 aliphatic carbocycles. The molecule has 5 N–H and O–H groups in total. The molecular weight excluding hydrogens is 384 g/mol. The normalized spacial score (nSPS) is 52.6. The molecule has 0 bridgehead atoms. The van der Waals surface area contributed by atoms with Crippen molar-refractivity contribution in [2.24, 2.45) is 46.3 Å². The zero-order chi connectivity index (χ0) is 22.0. The van der Waals surface area contributed by atoms with E-state index in [0.29, 0.717) is 24.7 Å². The minimum Gasteiger partial charge on any atom is -0.479 e. The summed E-state index contributed by atoms with van der Waals surface area (Å²) in [4.78, 5) is 11.1. The van der Waals surface area contributed by atoms with Crippen molar-refractivity contribution in [3.05, 3.63) is 0 Å². The predicted octanol–water partition coefficient (Wildman–Crippen LogP) is 2.42. The average molecular weight is 425 g/mol. The molecule has 0 aromatic carbocycles. The molecule has 0 radical (unpaired) electrons. The molecule has 4 rings (SSSR count). The summed E-state index contributed by atoms with van der Waals surface area (Å²) in [6.07, 6.45) is 3.47. The molecule has 4 fully saturated rings. The number of aliphatic carboxylic acids is 1. The molecule has 0 aromatic rings. The third-order valence-electron chi connectivity index (χ3n) is 10.3. The predicted molar refractivity (Wildman–Crippen MR) is 111 cm³/mol. The molecule has 4 aliphatic rings. The molecule has 172 valence electrons. The van der Waals surface area contributed by atoms with Gasteiger partial charge in [-0.15, -0.1) is 0 Å². The summed E-state index contributed by atoms with van der Waals surface area (Å²) >= 11 is 0. The summed E-state index contributed by atoms with van der Waals surface area (Å²) in [5.41, 5.74) is -0.0516. The first-order valence-corrected chi connectivity index (χ1v) is 11.9. The van der Waals surface area contributed by atoms with E-state index in [1.54, 1.807) is 0 Å². The van der Waals surface area contributed by atoms with Crippen LogP contribution in [0.2, 0.25) is 0 Å². The largest absolute Gasteiger partial charge is 0.479 e. The van der Waals surface area contributed by atoms with Gasteiger partial charge in [0.05, 0.1) is 18.3 Å². The lowest BCUT2D eigenvalue weighted by Crippen LogP contribution is -2.60. The molecule has 4 saturated carbocycles. The Balaban J connectivity index is 1.60. The van der Waals surface area contributed by atoms with E-state index in [4.69, 9.17) is 5.11 Å². The molecule has 0 heterocycles. The van der Waals surface area contributed by atoms with Gasteiger partial charge in [0.1, 0.15) is 0 Å². The Morgan fingerprint density at radius 3 is 2.33 bits per heavy atom. The van der Waals surface area contributed by atoms with E-state index in [0.717, 1.165) is 32.1 Å². The van der Waals surface area contributed by atoms with Gasteiger partial charge < -0.3 is 25.5 Å². The zero-order valence-corrected chi connectivity index (χ0v) is 18.6. The number of rotatable bonds is 4. The van der Waals surface area contributed by atoms with Gasteiger partial charge in [0.2, 0.25) is 0 Å². The fourth-order valence-corrected chi connectivity index (χ4v) is 8.80. The van der Waals surface area contributed by atoms with Crippen molar-refractivity contribution >= 4 is 5.97 Å². The van der Waals surface area contributed by atoms with Gasteiger partial charge >= 0.3 is 5.97 Å². The van der Waals surface area contributed by atoms with E-state index in [1.165, 1.54) is 0 Å². The Morgan fingerprint density at radius 1 is 1.00 bits per heavy atom. The van der Waals surface area contributed by atoms with Crippen molar-refractivity contribution in [3.63, 3.8) is 0 Å². The van der Waals surface area contributed by atoms with E-state index in [1.807, 2.05) is 6.92 Å². The average Bonchev–Trinajstić information content (AvgIpc) is 2.94. The van der Waals surface area contributed by atoms with Crippen LogP contribution in [0.25, 0.3) is 0 Å². The van der Waals surface area contributed by atoms with Gasteiger partial charge in [-0.3, -0.25) is 0 Å². The summed E-state index contributed by atoms with van der Waals surface area (Å²) in [5, 5.41) is 51.7. The molecule has 0 aromatic heterocycles. The molecule has 6 heteroatoms. The zero-order valence-electron chi connectivity index (χ0n) is 18.6. The first-order chi connectivity index (χ1) is 14.0. The van der Waals surface area contributed by atoms with E-state index >= 15 is 0 Å². The molecule has 0 amide bonds. The molecule has 0 spiro atoms. The van der Waals surface area contributed by atoms with Crippen molar-refractivity contribution in [1.29, 1.82) is 0 Å². The number of carboxylic acids is 1. The highest BCUT2D eigenvalue weighted by Crippen LogP contribution is 2.68. The second kappa shape index (κ2) is 7.72. The van der Waals surface area contributed by atoms with Crippen LogP contribution in [0.15, 0.2) is 0 Å². The quantitative estimate of drug-likeness (QED) is 0.473.